The second-order valence-corrected chi connectivity index (χ2v) is 4.99. The monoisotopic (exact) mass is 277 g/mol. The Bertz CT molecular complexity index is 458. The van der Waals surface area contributed by atoms with Crippen LogP contribution in [0.15, 0.2) is 24.3 Å². The van der Waals surface area contributed by atoms with Crippen molar-refractivity contribution in [2.24, 2.45) is 0 Å². The van der Waals surface area contributed by atoms with Gasteiger partial charge in [-0.25, -0.2) is 0 Å². The molecule has 0 heterocycles. The van der Waals surface area contributed by atoms with Gasteiger partial charge in [0.1, 0.15) is 0 Å². The minimum Gasteiger partial charge on any atom is -0.326 e. The number of ketones is 1. The van der Waals surface area contributed by atoms with Crippen molar-refractivity contribution in [2.75, 3.05) is 39.0 Å². The second kappa shape index (κ2) is 8.45. The first kappa shape index (κ1) is 16.3. The van der Waals surface area contributed by atoms with Crippen molar-refractivity contribution in [1.29, 1.82) is 0 Å². The Kier molecular flexibility index (Phi) is 6.90. The summed E-state index contributed by atoms with van der Waals surface area (Å²) < 4.78 is 0. The molecule has 20 heavy (non-hydrogen) atoms. The van der Waals surface area contributed by atoms with E-state index in [1.807, 2.05) is 14.1 Å². The Labute approximate surface area is 120 Å². The lowest BCUT2D eigenvalue weighted by Gasteiger charge is -2.10. The van der Waals surface area contributed by atoms with Gasteiger partial charge in [-0.15, -0.1) is 0 Å². The summed E-state index contributed by atoms with van der Waals surface area (Å²) in [4.78, 5) is 25.1. The molecule has 0 radical (unpaired) electrons. The zero-order chi connectivity index (χ0) is 15.0. The van der Waals surface area contributed by atoms with E-state index in [2.05, 4.69) is 15.5 Å². The number of nitrogens with zero attached hydrogens (tertiary/aromatic N) is 1. The van der Waals surface area contributed by atoms with Gasteiger partial charge in [-0.3, -0.25) is 9.59 Å². The molecule has 1 rings (SSSR count). The van der Waals surface area contributed by atoms with Gasteiger partial charge < -0.3 is 15.5 Å². The number of rotatable bonds is 8. The summed E-state index contributed by atoms with van der Waals surface area (Å²) in [6, 6.07) is 6.98. The van der Waals surface area contributed by atoms with Crippen molar-refractivity contribution in [1.82, 2.24) is 10.2 Å². The zero-order valence-corrected chi connectivity index (χ0v) is 12.4. The summed E-state index contributed by atoms with van der Waals surface area (Å²) >= 11 is 0. The number of hydrogen-bond donors (Lipinski definition) is 2. The van der Waals surface area contributed by atoms with E-state index in [1.165, 1.54) is 6.92 Å². The Balaban J connectivity index is 2.32. The third kappa shape index (κ3) is 6.45. The van der Waals surface area contributed by atoms with Gasteiger partial charge in [0.2, 0.25) is 5.91 Å². The highest BCUT2D eigenvalue weighted by Crippen LogP contribution is 2.11. The van der Waals surface area contributed by atoms with Crippen LogP contribution < -0.4 is 10.6 Å². The topological polar surface area (TPSA) is 61.4 Å². The Morgan fingerprint density at radius 1 is 1.20 bits per heavy atom. The number of likely N-dealkylation sites (N-methyl/N-ethyl adjacent to an activating group) is 1. The molecule has 0 spiro atoms. The van der Waals surface area contributed by atoms with Gasteiger partial charge in [0, 0.05) is 37.3 Å². The van der Waals surface area contributed by atoms with Crippen molar-refractivity contribution < 1.29 is 9.59 Å². The molecule has 0 atom stereocenters. The first-order valence-electron chi connectivity index (χ1n) is 6.75. The predicted molar refractivity (Wildman–Crippen MR) is 81.1 cm³/mol. The van der Waals surface area contributed by atoms with E-state index >= 15 is 0 Å². The molecular weight excluding hydrogens is 254 g/mol. The molecular formula is C15H23N3O2. The van der Waals surface area contributed by atoms with Gasteiger partial charge in [-0.1, -0.05) is 12.1 Å². The molecule has 2 N–H and O–H groups in total. The first-order valence-corrected chi connectivity index (χ1v) is 6.75. The van der Waals surface area contributed by atoms with E-state index in [9.17, 15) is 9.59 Å². The third-order valence-electron chi connectivity index (χ3n) is 2.82. The van der Waals surface area contributed by atoms with Crippen LogP contribution in [0.5, 0.6) is 0 Å². The minimum atomic E-state index is -0.0527. The molecule has 0 saturated heterocycles. The smallest absolute Gasteiger partial charge is 0.225 e. The van der Waals surface area contributed by atoms with Crippen molar-refractivity contribution >= 4 is 17.4 Å². The molecule has 0 aliphatic heterocycles. The lowest BCUT2D eigenvalue weighted by Crippen LogP contribution is -2.29. The molecule has 5 heteroatoms. The molecule has 0 saturated carbocycles. The fourth-order valence-corrected chi connectivity index (χ4v) is 1.67. The quantitative estimate of drug-likeness (QED) is 0.556. The summed E-state index contributed by atoms with van der Waals surface area (Å²) in [5.74, 6) is -0.0606. The molecule has 0 aromatic heterocycles. The van der Waals surface area contributed by atoms with Crippen LogP contribution in [0.3, 0.4) is 0 Å². The van der Waals surface area contributed by atoms with Gasteiger partial charge in [-0.05, 0) is 33.2 Å². The average Bonchev–Trinajstić information content (AvgIpc) is 2.38. The fraction of sp³-hybridized carbons (Fsp3) is 0.467. The molecule has 0 fully saturated rings. The lowest BCUT2D eigenvalue weighted by atomic mass is 10.1. The van der Waals surface area contributed by atoms with E-state index in [0.29, 0.717) is 24.2 Å². The number of nitrogens with one attached hydrogen (secondary N) is 2. The van der Waals surface area contributed by atoms with E-state index in [-0.39, 0.29) is 11.7 Å². The molecule has 1 aromatic carbocycles. The van der Waals surface area contributed by atoms with Gasteiger partial charge in [-0.2, -0.15) is 0 Å². The largest absolute Gasteiger partial charge is 0.326 e. The molecule has 110 valence electrons. The van der Waals surface area contributed by atoms with E-state index in [0.717, 1.165) is 13.1 Å². The Hall–Kier alpha value is -1.72. The third-order valence-corrected chi connectivity index (χ3v) is 2.82. The second-order valence-electron chi connectivity index (χ2n) is 4.99. The first-order chi connectivity index (χ1) is 9.49. The molecule has 1 amide bonds. The number of Topliss-reactive ketones (excluding diaryl/α,β-unsaturated/α-hetero) is 1. The predicted octanol–water partition coefficient (Wildman–Crippen LogP) is 1.37. The van der Waals surface area contributed by atoms with Crippen molar-refractivity contribution in [2.45, 2.75) is 13.3 Å². The van der Waals surface area contributed by atoms with Crippen LogP contribution in [0.25, 0.3) is 0 Å². The number of anilines is 1. The highest BCUT2D eigenvalue weighted by molar-refractivity contribution is 5.97. The normalized spacial score (nSPS) is 10.6. The lowest BCUT2D eigenvalue weighted by molar-refractivity contribution is -0.116. The number of carbonyl (C=O) groups excluding carboxylic acids is 2. The number of carbonyl (C=O) groups is 2. The Morgan fingerprint density at radius 2 is 1.95 bits per heavy atom. The van der Waals surface area contributed by atoms with Crippen molar-refractivity contribution in [3.63, 3.8) is 0 Å². The SMILES string of the molecule is CC(=O)c1cccc(NC(=O)CCNCCN(C)C)c1. The minimum absolute atomic E-state index is 0.00792. The van der Waals surface area contributed by atoms with Crippen LogP contribution >= 0.6 is 0 Å². The summed E-state index contributed by atoms with van der Waals surface area (Å²) in [7, 11) is 4.02. The average molecular weight is 277 g/mol. The standard InChI is InChI=1S/C15H23N3O2/c1-12(19)13-5-4-6-14(11-13)17-15(20)7-8-16-9-10-18(2)3/h4-6,11,16H,7-10H2,1-3H3,(H,17,20). The molecule has 0 bridgehead atoms. The van der Waals surface area contributed by atoms with Crippen LogP contribution in [0.2, 0.25) is 0 Å². The number of hydrogen-bond acceptors (Lipinski definition) is 4. The maximum absolute atomic E-state index is 11.7. The van der Waals surface area contributed by atoms with Crippen LogP contribution in [-0.4, -0.2) is 50.3 Å². The molecule has 1 aromatic rings. The number of benzene rings is 1. The summed E-state index contributed by atoms with van der Waals surface area (Å²) in [5, 5.41) is 6.00. The highest BCUT2D eigenvalue weighted by Gasteiger charge is 2.04. The maximum Gasteiger partial charge on any atom is 0.225 e. The van der Waals surface area contributed by atoms with Gasteiger partial charge in [0.15, 0.2) is 5.78 Å². The molecule has 5 nitrogen and oxygen atoms in total. The maximum atomic E-state index is 11.7. The van der Waals surface area contributed by atoms with E-state index in [1.54, 1.807) is 24.3 Å². The van der Waals surface area contributed by atoms with Gasteiger partial charge in [0.05, 0.1) is 0 Å². The van der Waals surface area contributed by atoms with Gasteiger partial charge in [0.25, 0.3) is 0 Å². The van der Waals surface area contributed by atoms with E-state index < -0.39 is 0 Å². The zero-order valence-electron chi connectivity index (χ0n) is 12.4. The van der Waals surface area contributed by atoms with Crippen LogP contribution in [-0.2, 0) is 4.79 Å². The van der Waals surface area contributed by atoms with Crippen LogP contribution in [0.1, 0.15) is 23.7 Å². The summed E-state index contributed by atoms with van der Waals surface area (Å²) in [6.07, 6.45) is 0.414. The highest BCUT2D eigenvalue weighted by atomic mass is 16.1. The number of amides is 1. The fourth-order valence-electron chi connectivity index (χ4n) is 1.67. The van der Waals surface area contributed by atoms with Crippen molar-refractivity contribution in [3.8, 4) is 0 Å². The van der Waals surface area contributed by atoms with E-state index in [4.69, 9.17) is 0 Å². The summed E-state index contributed by atoms with van der Waals surface area (Å²) in [5.41, 5.74) is 1.27. The van der Waals surface area contributed by atoms with Crippen LogP contribution in [0, 0.1) is 0 Å². The molecule has 0 aliphatic rings. The van der Waals surface area contributed by atoms with Gasteiger partial charge >= 0.3 is 0 Å². The molecule has 0 unspecified atom stereocenters. The summed E-state index contributed by atoms with van der Waals surface area (Å²) in [6.45, 7) is 3.96. The van der Waals surface area contributed by atoms with Crippen LogP contribution in [0.4, 0.5) is 5.69 Å². The van der Waals surface area contributed by atoms with Crippen molar-refractivity contribution in [3.05, 3.63) is 29.8 Å². The Morgan fingerprint density at radius 3 is 2.60 bits per heavy atom. The molecule has 0 aliphatic carbocycles.